The number of aromatic nitrogens is 3. The topological polar surface area (TPSA) is 83.5 Å². The minimum atomic E-state index is -4.43. The van der Waals surface area contributed by atoms with Gasteiger partial charge in [-0.15, -0.1) is 0 Å². The number of hydrogen-bond acceptors (Lipinski definition) is 7. The number of amides is 1. The zero-order chi connectivity index (χ0) is 24.2. The molecule has 0 bridgehead atoms. The second-order valence-corrected chi connectivity index (χ2v) is 9.11. The number of nitrogens with zero attached hydrogens (tertiary/aromatic N) is 5. The molecule has 0 spiro atoms. The Kier molecular flexibility index (Phi) is 7.28. The summed E-state index contributed by atoms with van der Waals surface area (Å²) in [6.45, 7) is 7.59. The van der Waals surface area contributed by atoms with Crippen molar-refractivity contribution in [3.63, 3.8) is 0 Å². The third-order valence-corrected chi connectivity index (χ3v) is 5.19. The maximum Gasteiger partial charge on any atom is 0.417 e. The number of likely N-dealkylation sites (tertiary alicyclic amines) is 1. The molecule has 0 aromatic carbocycles. The van der Waals surface area contributed by atoms with Crippen molar-refractivity contribution >= 4 is 23.5 Å². The Labute approximate surface area is 191 Å². The summed E-state index contributed by atoms with van der Waals surface area (Å²) in [5.74, 6) is 1.74. The van der Waals surface area contributed by atoms with E-state index in [1.807, 2.05) is 32.7 Å². The Morgan fingerprint density at radius 3 is 2.42 bits per heavy atom. The molecule has 8 nitrogen and oxygen atoms in total. The van der Waals surface area contributed by atoms with Crippen molar-refractivity contribution in [2.24, 2.45) is 5.92 Å². The van der Waals surface area contributed by atoms with Gasteiger partial charge in [0.25, 0.3) is 0 Å². The van der Waals surface area contributed by atoms with E-state index in [4.69, 9.17) is 4.74 Å². The third kappa shape index (κ3) is 7.19. The fraction of sp³-hybridized carbons (Fsp3) is 0.545. The first-order chi connectivity index (χ1) is 15.4. The summed E-state index contributed by atoms with van der Waals surface area (Å²) in [5.41, 5.74) is -1.32. The lowest BCUT2D eigenvalue weighted by Crippen LogP contribution is -2.43. The molecule has 0 aliphatic carbocycles. The third-order valence-electron chi connectivity index (χ3n) is 5.19. The number of rotatable bonds is 5. The lowest BCUT2D eigenvalue weighted by molar-refractivity contribution is -0.137. The molecule has 1 aliphatic heterocycles. The molecule has 11 heteroatoms. The highest BCUT2D eigenvalue weighted by Crippen LogP contribution is 2.29. The van der Waals surface area contributed by atoms with E-state index in [9.17, 15) is 18.0 Å². The van der Waals surface area contributed by atoms with Gasteiger partial charge in [0.1, 0.15) is 29.4 Å². The number of nitrogens with one attached hydrogen (secondary N) is 1. The molecule has 3 rings (SSSR count). The fourth-order valence-corrected chi connectivity index (χ4v) is 3.50. The van der Waals surface area contributed by atoms with E-state index < -0.39 is 17.3 Å². The van der Waals surface area contributed by atoms with Gasteiger partial charge in [0, 0.05) is 38.9 Å². The molecule has 0 atom stereocenters. The van der Waals surface area contributed by atoms with Crippen LogP contribution in [0.15, 0.2) is 30.7 Å². The molecule has 0 saturated carbocycles. The molecule has 1 fully saturated rings. The second kappa shape index (κ2) is 9.80. The first-order valence-corrected chi connectivity index (χ1v) is 10.7. The largest absolute Gasteiger partial charge is 0.444 e. The van der Waals surface area contributed by atoms with Gasteiger partial charge in [-0.3, -0.25) is 0 Å². The van der Waals surface area contributed by atoms with E-state index in [-0.39, 0.29) is 11.9 Å². The number of ether oxygens (including phenoxy) is 1. The average Bonchev–Trinajstić information content (AvgIpc) is 2.73. The van der Waals surface area contributed by atoms with Crippen LogP contribution in [0.25, 0.3) is 0 Å². The van der Waals surface area contributed by atoms with Crippen LogP contribution in [-0.4, -0.2) is 58.2 Å². The molecule has 1 amide bonds. The van der Waals surface area contributed by atoms with Crippen LogP contribution in [-0.2, 0) is 10.9 Å². The first kappa shape index (κ1) is 24.5. The van der Waals surface area contributed by atoms with Gasteiger partial charge in [-0.2, -0.15) is 13.2 Å². The summed E-state index contributed by atoms with van der Waals surface area (Å²) in [6.07, 6.45) is -0.828. The monoisotopic (exact) mass is 466 g/mol. The summed E-state index contributed by atoms with van der Waals surface area (Å²) in [6, 6.07) is 3.94. The van der Waals surface area contributed by atoms with Crippen molar-refractivity contribution in [3.8, 4) is 0 Å². The first-order valence-electron chi connectivity index (χ1n) is 10.7. The summed E-state index contributed by atoms with van der Waals surface area (Å²) in [4.78, 5) is 28.2. The summed E-state index contributed by atoms with van der Waals surface area (Å²) >= 11 is 0. The normalized spacial score (nSPS) is 15.3. The van der Waals surface area contributed by atoms with Crippen LogP contribution in [0.1, 0.15) is 39.2 Å². The molecule has 2 aromatic heterocycles. The van der Waals surface area contributed by atoms with E-state index in [0.29, 0.717) is 30.6 Å². The summed E-state index contributed by atoms with van der Waals surface area (Å²) < 4.78 is 43.5. The standard InChI is InChI=1S/C22H29F3N6O2/c1-21(2,3)33-20(32)31-9-7-15(8-10-31)13-30(4)19-11-18(27-14-28-19)29-17-6-5-16(12-26-17)22(23,24)25/h5-6,11-12,14-15H,7-10,13H2,1-4H3,(H,26,27,28,29). The van der Waals surface area contributed by atoms with Gasteiger partial charge in [0.2, 0.25) is 0 Å². The van der Waals surface area contributed by atoms with Gasteiger partial charge in [-0.25, -0.2) is 19.7 Å². The van der Waals surface area contributed by atoms with E-state index in [2.05, 4.69) is 20.3 Å². The molecular formula is C22H29F3N6O2. The van der Waals surface area contributed by atoms with Crippen molar-refractivity contribution in [2.45, 2.75) is 45.4 Å². The molecule has 1 N–H and O–H groups in total. The van der Waals surface area contributed by atoms with Crippen molar-refractivity contribution < 1.29 is 22.7 Å². The van der Waals surface area contributed by atoms with Gasteiger partial charge < -0.3 is 19.9 Å². The van der Waals surface area contributed by atoms with Crippen LogP contribution in [0.3, 0.4) is 0 Å². The van der Waals surface area contributed by atoms with Crippen molar-refractivity contribution in [3.05, 3.63) is 36.3 Å². The quantitative estimate of drug-likeness (QED) is 0.683. The molecular weight excluding hydrogens is 437 g/mol. The lowest BCUT2D eigenvalue weighted by atomic mass is 9.96. The molecule has 33 heavy (non-hydrogen) atoms. The molecule has 3 heterocycles. The molecule has 180 valence electrons. The van der Waals surface area contributed by atoms with Gasteiger partial charge in [-0.05, 0) is 51.7 Å². The number of piperidine rings is 1. The zero-order valence-electron chi connectivity index (χ0n) is 19.2. The van der Waals surface area contributed by atoms with E-state index >= 15 is 0 Å². The van der Waals surface area contributed by atoms with Crippen LogP contribution in [0, 0.1) is 5.92 Å². The SMILES string of the molecule is CN(CC1CCN(C(=O)OC(C)(C)C)CC1)c1cc(Nc2ccc(C(F)(F)F)cn2)ncn1. The highest BCUT2D eigenvalue weighted by Gasteiger charge is 2.31. The van der Waals surface area contributed by atoms with Gasteiger partial charge in [0.05, 0.1) is 5.56 Å². The van der Waals surface area contributed by atoms with Gasteiger partial charge in [-0.1, -0.05) is 0 Å². The van der Waals surface area contributed by atoms with Crippen molar-refractivity contribution in [1.82, 2.24) is 19.9 Å². The van der Waals surface area contributed by atoms with Gasteiger partial charge in [0.15, 0.2) is 0 Å². The minimum Gasteiger partial charge on any atom is -0.444 e. The van der Waals surface area contributed by atoms with E-state index in [0.717, 1.165) is 31.6 Å². The molecule has 1 aliphatic rings. The lowest BCUT2D eigenvalue weighted by Gasteiger charge is -2.35. The highest BCUT2D eigenvalue weighted by atomic mass is 19.4. The molecule has 1 saturated heterocycles. The Hall–Kier alpha value is -3.11. The van der Waals surface area contributed by atoms with Crippen LogP contribution in [0.4, 0.5) is 35.4 Å². The van der Waals surface area contributed by atoms with Gasteiger partial charge >= 0.3 is 12.3 Å². The molecule has 0 unspecified atom stereocenters. The van der Waals surface area contributed by atoms with Crippen molar-refractivity contribution in [2.75, 3.05) is 36.9 Å². The van der Waals surface area contributed by atoms with Crippen LogP contribution < -0.4 is 10.2 Å². The molecule has 0 radical (unpaired) electrons. The minimum absolute atomic E-state index is 0.254. The highest BCUT2D eigenvalue weighted by molar-refractivity contribution is 5.68. The Morgan fingerprint density at radius 1 is 1.15 bits per heavy atom. The van der Waals surface area contributed by atoms with Crippen LogP contribution in [0.5, 0.6) is 0 Å². The maximum absolute atomic E-state index is 12.7. The predicted octanol–water partition coefficient (Wildman–Crippen LogP) is 4.72. The number of anilines is 3. The number of alkyl halides is 3. The summed E-state index contributed by atoms with van der Waals surface area (Å²) in [5, 5.41) is 2.90. The summed E-state index contributed by atoms with van der Waals surface area (Å²) in [7, 11) is 1.92. The van der Waals surface area contributed by atoms with Crippen LogP contribution >= 0.6 is 0 Å². The average molecular weight is 467 g/mol. The molecule has 2 aromatic rings. The maximum atomic E-state index is 12.7. The Balaban J connectivity index is 1.54. The number of pyridine rings is 1. The number of carbonyl (C=O) groups is 1. The number of halogens is 3. The van der Waals surface area contributed by atoms with E-state index in [1.54, 1.807) is 11.0 Å². The number of carbonyl (C=O) groups excluding carboxylic acids is 1. The number of hydrogen-bond donors (Lipinski definition) is 1. The Bertz CT molecular complexity index is 938. The zero-order valence-corrected chi connectivity index (χ0v) is 19.2. The second-order valence-electron chi connectivity index (χ2n) is 9.11. The smallest absolute Gasteiger partial charge is 0.417 e. The fourth-order valence-electron chi connectivity index (χ4n) is 3.50. The van der Waals surface area contributed by atoms with Crippen molar-refractivity contribution in [1.29, 1.82) is 0 Å². The van der Waals surface area contributed by atoms with E-state index in [1.165, 1.54) is 12.4 Å². The predicted molar refractivity (Wildman–Crippen MR) is 118 cm³/mol. The van der Waals surface area contributed by atoms with Crippen LogP contribution in [0.2, 0.25) is 0 Å². The Morgan fingerprint density at radius 2 is 1.85 bits per heavy atom.